The van der Waals surface area contributed by atoms with Crippen molar-refractivity contribution in [3.8, 4) is 0 Å². The topological polar surface area (TPSA) is 18.5 Å². The Hall–Kier alpha value is -0.120. The first kappa shape index (κ1) is 11.9. The maximum atomic E-state index is 3.72. The first-order valence-corrected chi connectivity index (χ1v) is 7.53. The highest BCUT2D eigenvalue weighted by molar-refractivity contribution is 4.89. The van der Waals surface area contributed by atoms with Crippen LogP contribution in [0.25, 0.3) is 0 Å². The van der Waals surface area contributed by atoms with Gasteiger partial charge in [0, 0.05) is 38.3 Å². The minimum atomic E-state index is 0.747. The summed E-state index contributed by atoms with van der Waals surface area (Å²) in [6.07, 6.45) is 5.65. The third-order valence-electron chi connectivity index (χ3n) is 5.06. The van der Waals surface area contributed by atoms with Crippen LogP contribution in [-0.2, 0) is 0 Å². The lowest BCUT2D eigenvalue weighted by atomic mass is 9.92. The molecule has 3 aliphatic heterocycles. The van der Waals surface area contributed by atoms with Gasteiger partial charge in [-0.2, -0.15) is 0 Å². The van der Waals surface area contributed by atoms with Gasteiger partial charge < -0.3 is 5.32 Å². The molecule has 0 aromatic rings. The van der Waals surface area contributed by atoms with E-state index in [2.05, 4.69) is 22.0 Å². The molecule has 3 unspecified atom stereocenters. The van der Waals surface area contributed by atoms with E-state index < -0.39 is 0 Å². The molecule has 0 bridgehead atoms. The van der Waals surface area contributed by atoms with E-state index in [1.165, 1.54) is 65.0 Å². The van der Waals surface area contributed by atoms with E-state index in [9.17, 15) is 0 Å². The van der Waals surface area contributed by atoms with Crippen LogP contribution in [0.4, 0.5) is 0 Å². The molecule has 3 aliphatic rings. The smallest absolute Gasteiger partial charge is 0.0224 e. The Bertz CT molecular complexity index is 256. The minimum Gasteiger partial charge on any atom is -0.312 e. The molecule has 98 valence electrons. The van der Waals surface area contributed by atoms with E-state index in [0.717, 1.165) is 18.0 Å². The molecule has 3 atom stereocenters. The van der Waals surface area contributed by atoms with Gasteiger partial charge in [0.05, 0.1) is 0 Å². The van der Waals surface area contributed by atoms with Crippen molar-refractivity contribution < 1.29 is 0 Å². The molecule has 0 saturated carbocycles. The van der Waals surface area contributed by atoms with E-state index in [-0.39, 0.29) is 0 Å². The molecule has 3 heteroatoms. The summed E-state index contributed by atoms with van der Waals surface area (Å²) in [6, 6.07) is 1.62. The Labute approximate surface area is 106 Å². The van der Waals surface area contributed by atoms with Gasteiger partial charge in [-0.15, -0.1) is 0 Å². The normalized spacial score (nSPS) is 40.4. The molecular weight excluding hydrogens is 210 g/mol. The molecule has 0 aromatic carbocycles. The molecule has 0 radical (unpaired) electrons. The number of nitrogens with one attached hydrogen (secondary N) is 1. The van der Waals surface area contributed by atoms with Gasteiger partial charge in [0.15, 0.2) is 0 Å². The fraction of sp³-hybridized carbons (Fsp3) is 1.00. The van der Waals surface area contributed by atoms with Crippen molar-refractivity contribution in [2.45, 2.75) is 44.7 Å². The zero-order valence-electron chi connectivity index (χ0n) is 11.2. The summed E-state index contributed by atoms with van der Waals surface area (Å²) < 4.78 is 0. The second-order valence-corrected chi connectivity index (χ2v) is 6.27. The van der Waals surface area contributed by atoms with Crippen LogP contribution in [0, 0.1) is 5.92 Å². The average Bonchev–Trinajstić information content (AvgIpc) is 2.79. The highest BCUT2D eigenvalue weighted by Crippen LogP contribution is 2.23. The van der Waals surface area contributed by atoms with E-state index in [0.29, 0.717) is 0 Å². The second kappa shape index (κ2) is 5.25. The number of fused-ring (bicyclic) bond motifs is 1. The molecule has 3 nitrogen and oxygen atoms in total. The lowest BCUT2D eigenvalue weighted by Gasteiger charge is -2.41. The highest BCUT2D eigenvalue weighted by atomic mass is 15.3. The standard InChI is InChI=1S/C14H27N3/c1-12-4-2-6-15-14(12)11-16-8-9-17-7-3-5-13(17)10-16/h12-15H,2-11H2,1H3. The van der Waals surface area contributed by atoms with Crippen molar-refractivity contribution >= 4 is 0 Å². The lowest BCUT2D eigenvalue weighted by molar-refractivity contribution is 0.0859. The first-order chi connectivity index (χ1) is 8.33. The SMILES string of the molecule is CC1CCCNC1CN1CCN2CCCC2C1. The van der Waals surface area contributed by atoms with Crippen LogP contribution >= 0.6 is 0 Å². The van der Waals surface area contributed by atoms with Crippen LogP contribution < -0.4 is 5.32 Å². The van der Waals surface area contributed by atoms with Crippen LogP contribution in [-0.4, -0.2) is 61.2 Å². The Balaban J connectivity index is 1.51. The van der Waals surface area contributed by atoms with E-state index in [1.54, 1.807) is 0 Å². The zero-order valence-corrected chi connectivity index (χ0v) is 11.2. The predicted octanol–water partition coefficient (Wildman–Crippen LogP) is 1.15. The molecule has 3 rings (SSSR count). The zero-order chi connectivity index (χ0) is 11.7. The van der Waals surface area contributed by atoms with Crippen molar-refractivity contribution in [3.63, 3.8) is 0 Å². The monoisotopic (exact) mass is 237 g/mol. The highest BCUT2D eigenvalue weighted by Gasteiger charge is 2.32. The third-order valence-corrected chi connectivity index (χ3v) is 5.06. The van der Waals surface area contributed by atoms with Gasteiger partial charge >= 0.3 is 0 Å². The Morgan fingerprint density at radius 3 is 2.94 bits per heavy atom. The molecule has 0 aliphatic carbocycles. The van der Waals surface area contributed by atoms with Gasteiger partial charge in [-0.05, 0) is 44.7 Å². The number of piperidine rings is 1. The van der Waals surface area contributed by atoms with Gasteiger partial charge in [-0.3, -0.25) is 9.80 Å². The number of piperazine rings is 1. The fourth-order valence-electron chi connectivity index (χ4n) is 3.86. The summed E-state index contributed by atoms with van der Waals surface area (Å²) in [5.41, 5.74) is 0. The number of rotatable bonds is 2. The Morgan fingerprint density at radius 1 is 1.12 bits per heavy atom. The van der Waals surface area contributed by atoms with Crippen molar-refractivity contribution in [2.24, 2.45) is 5.92 Å². The lowest BCUT2D eigenvalue weighted by Crippen LogP contribution is -2.55. The Kier molecular flexibility index (Phi) is 3.69. The van der Waals surface area contributed by atoms with Crippen LogP contribution in [0.15, 0.2) is 0 Å². The summed E-state index contributed by atoms with van der Waals surface area (Å²) >= 11 is 0. The minimum absolute atomic E-state index is 0.747. The van der Waals surface area contributed by atoms with Crippen LogP contribution in [0.3, 0.4) is 0 Å². The predicted molar refractivity (Wildman–Crippen MR) is 71.2 cm³/mol. The molecule has 0 amide bonds. The van der Waals surface area contributed by atoms with Crippen molar-refractivity contribution in [3.05, 3.63) is 0 Å². The molecule has 3 heterocycles. The quantitative estimate of drug-likeness (QED) is 0.777. The summed E-state index contributed by atoms with van der Waals surface area (Å²) in [5, 5.41) is 3.72. The average molecular weight is 237 g/mol. The summed E-state index contributed by atoms with van der Waals surface area (Å²) in [5.74, 6) is 0.866. The molecule has 1 N–H and O–H groups in total. The molecule has 3 saturated heterocycles. The largest absolute Gasteiger partial charge is 0.312 e. The number of nitrogens with zero attached hydrogens (tertiary/aromatic N) is 2. The molecule has 17 heavy (non-hydrogen) atoms. The van der Waals surface area contributed by atoms with Gasteiger partial charge in [-0.25, -0.2) is 0 Å². The van der Waals surface area contributed by atoms with Gasteiger partial charge in [0.25, 0.3) is 0 Å². The maximum absolute atomic E-state index is 3.72. The summed E-state index contributed by atoms with van der Waals surface area (Å²) in [6.45, 7) is 10.2. The van der Waals surface area contributed by atoms with Crippen molar-refractivity contribution in [2.75, 3.05) is 39.3 Å². The molecule has 0 aromatic heterocycles. The second-order valence-electron chi connectivity index (χ2n) is 6.27. The fourth-order valence-corrected chi connectivity index (χ4v) is 3.86. The molecule has 3 fully saturated rings. The van der Waals surface area contributed by atoms with Gasteiger partial charge in [0.2, 0.25) is 0 Å². The number of hydrogen-bond donors (Lipinski definition) is 1. The van der Waals surface area contributed by atoms with E-state index in [1.807, 2.05) is 0 Å². The first-order valence-electron chi connectivity index (χ1n) is 7.53. The van der Waals surface area contributed by atoms with Crippen LogP contribution in [0.2, 0.25) is 0 Å². The maximum Gasteiger partial charge on any atom is 0.0224 e. The van der Waals surface area contributed by atoms with Crippen molar-refractivity contribution in [1.29, 1.82) is 0 Å². The van der Waals surface area contributed by atoms with Gasteiger partial charge in [0.1, 0.15) is 0 Å². The van der Waals surface area contributed by atoms with E-state index in [4.69, 9.17) is 0 Å². The van der Waals surface area contributed by atoms with E-state index >= 15 is 0 Å². The van der Waals surface area contributed by atoms with Crippen molar-refractivity contribution in [1.82, 2.24) is 15.1 Å². The number of hydrogen-bond acceptors (Lipinski definition) is 3. The summed E-state index contributed by atoms with van der Waals surface area (Å²) in [7, 11) is 0. The molecular formula is C14H27N3. The Morgan fingerprint density at radius 2 is 2.06 bits per heavy atom. The van der Waals surface area contributed by atoms with Gasteiger partial charge in [-0.1, -0.05) is 6.92 Å². The molecule has 0 spiro atoms. The van der Waals surface area contributed by atoms with Crippen LogP contribution in [0.5, 0.6) is 0 Å². The van der Waals surface area contributed by atoms with Crippen LogP contribution in [0.1, 0.15) is 32.6 Å². The summed E-state index contributed by atoms with van der Waals surface area (Å²) in [4.78, 5) is 5.42. The third kappa shape index (κ3) is 2.67.